The van der Waals surface area contributed by atoms with Gasteiger partial charge >= 0.3 is 0 Å². The van der Waals surface area contributed by atoms with Crippen LogP contribution in [0.5, 0.6) is 0 Å². The quantitative estimate of drug-likeness (QED) is 0.840. The van der Waals surface area contributed by atoms with Crippen molar-refractivity contribution in [2.75, 3.05) is 19.7 Å². The van der Waals surface area contributed by atoms with Gasteiger partial charge < -0.3 is 9.52 Å². The second-order valence-corrected chi connectivity index (χ2v) is 5.33. The van der Waals surface area contributed by atoms with Gasteiger partial charge in [0.2, 0.25) is 11.8 Å². The number of nitrogens with zero attached hydrogens (tertiary/aromatic N) is 3. The van der Waals surface area contributed by atoms with Crippen molar-refractivity contribution in [1.82, 2.24) is 15.1 Å². The Morgan fingerprint density at radius 1 is 1.25 bits per heavy atom. The summed E-state index contributed by atoms with van der Waals surface area (Å²) in [4.78, 5) is 2.09. The summed E-state index contributed by atoms with van der Waals surface area (Å²) in [6.07, 6.45) is 1.02. The van der Waals surface area contributed by atoms with E-state index in [0.717, 1.165) is 23.0 Å². The Balaban J connectivity index is 2.10. The van der Waals surface area contributed by atoms with Crippen molar-refractivity contribution in [3.05, 3.63) is 34.6 Å². The minimum Gasteiger partial charge on any atom is -0.419 e. The molecule has 0 spiro atoms. The van der Waals surface area contributed by atoms with Gasteiger partial charge in [-0.15, -0.1) is 10.2 Å². The average molecular weight is 340 g/mol. The van der Waals surface area contributed by atoms with Crippen LogP contribution in [0.2, 0.25) is 0 Å². The summed E-state index contributed by atoms with van der Waals surface area (Å²) in [6, 6.07) is 7.74. The molecule has 2 aromatic rings. The molecule has 5 nitrogen and oxygen atoms in total. The largest absolute Gasteiger partial charge is 0.419 e. The normalized spacial score (nSPS) is 11.2. The summed E-state index contributed by atoms with van der Waals surface area (Å²) in [5.41, 5.74) is 0.885. The molecule has 0 radical (unpaired) electrons. The van der Waals surface area contributed by atoms with E-state index in [1.165, 1.54) is 0 Å². The minimum absolute atomic E-state index is 0.130. The van der Waals surface area contributed by atoms with Gasteiger partial charge in [0.05, 0.1) is 18.7 Å². The second-order valence-electron chi connectivity index (χ2n) is 4.48. The standard InChI is InChI=1S/C14H18BrN3O2/c1-2-7-18(8-9-19)10-13-16-17-14(20-13)11-5-3-4-6-12(11)15/h3-6,19H,2,7-10H2,1H3. The van der Waals surface area contributed by atoms with Crippen molar-refractivity contribution >= 4 is 15.9 Å². The van der Waals surface area contributed by atoms with E-state index in [9.17, 15) is 0 Å². The van der Waals surface area contributed by atoms with Crippen molar-refractivity contribution in [2.24, 2.45) is 0 Å². The zero-order chi connectivity index (χ0) is 14.4. The molecule has 1 heterocycles. The Bertz CT molecular complexity index is 539. The Morgan fingerprint density at radius 2 is 2.05 bits per heavy atom. The third kappa shape index (κ3) is 3.88. The molecular formula is C14H18BrN3O2. The lowest BCUT2D eigenvalue weighted by atomic mass is 10.2. The van der Waals surface area contributed by atoms with E-state index in [0.29, 0.717) is 24.9 Å². The molecule has 1 aromatic heterocycles. The molecule has 0 unspecified atom stereocenters. The van der Waals surface area contributed by atoms with E-state index in [1.54, 1.807) is 0 Å². The van der Waals surface area contributed by atoms with Gasteiger partial charge in [-0.1, -0.05) is 19.1 Å². The lowest BCUT2D eigenvalue weighted by molar-refractivity contribution is 0.179. The van der Waals surface area contributed by atoms with Crippen molar-refractivity contribution in [3.8, 4) is 11.5 Å². The monoisotopic (exact) mass is 339 g/mol. The SMILES string of the molecule is CCCN(CCO)Cc1nnc(-c2ccccc2Br)o1. The first-order valence-electron chi connectivity index (χ1n) is 6.65. The van der Waals surface area contributed by atoms with E-state index in [-0.39, 0.29) is 6.61 Å². The van der Waals surface area contributed by atoms with Gasteiger partial charge in [0.25, 0.3) is 0 Å². The van der Waals surface area contributed by atoms with E-state index in [1.807, 2.05) is 24.3 Å². The molecule has 0 aliphatic carbocycles. The number of benzene rings is 1. The molecule has 0 amide bonds. The maximum absolute atomic E-state index is 9.05. The number of aliphatic hydroxyl groups is 1. The molecule has 0 fully saturated rings. The van der Waals surface area contributed by atoms with Crippen molar-refractivity contribution < 1.29 is 9.52 Å². The van der Waals surface area contributed by atoms with Crippen LogP contribution in [0, 0.1) is 0 Å². The molecular weight excluding hydrogens is 322 g/mol. The van der Waals surface area contributed by atoms with E-state index in [4.69, 9.17) is 9.52 Å². The Morgan fingerprint density at radius 3 is 2.75 bits per heavy atom. The summed E-state index contributed by atoms with van der Waals surface area (Å²) >= 11 is 3.47. The van der Waals surface area contributed by atoms with Crippen LogP contribution in [0.4, 0.5) is 0 Å². The molecule has 1 aromatic carbocycles. The number of hydrogen-bond acceptors (Lipinski definition) is 5. The fourth-order valence-corrected chi connectivity index (χ4v) is 2.43. The lowest BCUT2D eigenvalue weighted by Gasteiger charge is -2.17. The zero-order valence-corrected chi connectivity index (χ0v) is 13.0. The van der Waals surface area contributed by atoms with Crippen LogP contribution < -0.4 is 0 Å². The number of halogens is 1. The summed E-state index contributed by atoms with van der Waals surface area (Å²) in [5, 5.41) is 17.2. The van der Waals surface area contributed by atoms with Crippen molar-refractivity contribution in [3.63, 3.8) is 0 Å². The summed E-state index contributed by atoms with van der Waals surface area (Å²) in [7, 11) is 0. The molecule has 0 bridgehead atoms. The minimum atomic E-state index is 0.130. The van der Waals surface area contributed by atoms with Gasteiger partial charge in [0, 0.05) is 11.0 Å². The van der Waals surface area contributed by atoms with Crippen LogP contribution in [0.15, 0.2) is 33.2 Å². The molecule has 20 heavy (non-hydrogen) atoms. The molecule has 0 saturated carbocycles. The van der Waals surface area contributed by atoms with Crippen molar-refractivity contribution in [2.45, 2.75) is 19.9 Å². The number of hydrogen-bond donors (Lipinski definition) is 1. The lowest BCUT2D eigenvalue weighted by Crippen LogP contribution is -2.27. The average Bonchev–Trinajstić information content (AvgIpc) is 2.88. The summed E-state index contributed by atoms with van der Waals surface area (Å²) < 4.78 is 6.62. The molecule has 0 saturated heterocycles. The topological polar surface area (TPSA) is 62.4 Å². The molecule has 0 atom stereocenters. The van der Waals surface area contributed by atoms with Crippen LogP contribution in [0.3, 0.4) is 0 Å². The van der Waals surface area contributed by atoms with E-state index in [2.05, 4.69) is 38.0 Å². The fraction of sp³-hybridized carbons (Fsp3) is 0.429. The zero-order valence-electron chi connectivity index (χ0n) is 11.4. The summed E-state index contributed by atoms with van der Waals surface area (Å²) in [6.45, 7) is 4.30. The third-order valence-corrected chi connectivity index (χ3v) is 3.58. The Kier molecular flexibility index (Phi) is 5.70. The predicted molar refractivity (Wildman–Crippen MR) is 80.1 cm³/mol. The first-order valence-corrected chi connectivity index (χ1v) is 7.44. The summed E-state index contributed by atoms with van der Waals surface area (Å²) in [5.74, 6) is 1.07. The fourth-order valence-electron chi connectivity index (χ4n) is 1.98. The highest BCUT2D eigenvalue weighted by molar-refractivity contribution is 9.10. The van der Waals surface area contributed by atoms with Crippen LogP contribution in [-0.2, 0) is 6.54 Å². The molecule has 0 aliphatic heterocycles. The molecule has 1 N–H and O–H groups in total. The highest BCUT2D eigenvalue weighted by Gasteiger charge is 2.13. The maximum atomic E-state index is 9.05. The smallest absolute Gasteiger partial charge is 0.248 e. The van der Waals surface area contributed by atoms with Gasteiger partial charge in [-0.05, 0) is 41.0 Å². The van der Waals surface area contributed by atoms with Crippen LogP contribution in [-0.4, -0.2) is 39.9 Å². The van der Waals surface area contributed by atoms with Gasteiger partial charge in [0.1, 0.15) is 0 Å². The predicted octanol–water partition coefficient (Wildman–Crippen LogP) is 2.70. The van der Waals surface area contributed by atoms with E-state index < -0.39 is 0 Å². The van der Waals surface area contributed by atoms with Gasteiger partial charge in [-0.3, -0.25) is 4.90 Å². The third-order valence-electron chi connectivity index (χ3n) is 2.89. The Labute approximate surface area is 126 Å². The van der Waals surface area contributed by atoms with Crippen LogP contribution >= 0.6 is 15.9 Å². The number of rotatable bonds is 7. The molecule has 108 valence electrons. The molecule has 6 heteroatoms. The maximum Gasteiger partial charge on any atom is 0.248 e. The number of aliphatic hydroxyl groups excluding tert-OH is 1. The van der Waals surface area contributed by atoms with Crippen LogP contribution in [0.25, 0.3) is 11.5 Å². The first-order chi connectivity index (χ1) is 9.74. The Hall–Kier alpha value is -1.24. The molecule has 2 rings (SSSR count). The van der Waals surface area contributed by atoms with E-state index >= 15 is 0 Å². The molecule has 0 aliphatic rings. The highest BCUT2D eigenvalue weighted by atomic mass is 79.9. The van der Waals surface area contributed by atoms with Gasteiger partial charge in [0.15, 0.2) is 0 Å². The van der Waals surface area contributed by atoms with Gasteiger partial charge in [-0.2, -0.15) is 0 Å². The second kappa shape index (κ2) is 7.52. The van der Waals surface area contributed by atoms with Crippen molar-refractivity contribution in [1.29, 1.82) is 0 Å². The highest BCUT2D eigenvalue weighted by Crippen LogP contribution is 2.26. The van der Waals surface area contributed by atoms with Crippen LogP contribution in [0.1, 0.15) is 19.2 Å². The van der Waals surface area contributed by atoms with Gasteiger partial charge in [-0.25, -0.2) is 0 Å². The number of aromatic nitrogens is 2. The first kappa shape index (κ1) is 15.2.